The van der Waals surface area contributed by atoms with Crippen LogP contribution in [-0.4, -0.2) is 105 Å². The van der Waals surface area contributed by atoms with Crippen LogP contribution in [0.3, 0.4) is 0 Å². The van der Waals surface area contributed by atoms with Gasteiger partial charge in [0.1, 0.15) is 29.7 Å². The molecule has 3 aromatic rings. The highest BCUT2D eigenvalue weighted by atomic mass is 19.3. The minimum absolute atomic E-state index is 0.0269. The summed E-state index contributed by atoms with van der Waals surface area (Å²) in [4.78, 5) is 35.8. The quantitative estimate of drug-likeness (QED) is 0.205. The van der Waals surface area contributed by atoms with Gasteiger partial charge in [-0.3, -0.25) is 14.7 Å². The van der Waals surface area contributed by atoms with Crippen molar-refractivity contribution in [3.63, 3.8) is 0 Å². The van der Waals surface area contributed by atoms with Gasteiger partial charge in [0.2, 0.25) is 0 Å². The molecule has 0 radical (unpaired) electrons. The van der Waals surface area contributed by atoms with Crippen LogP contribution < -0.4 is 14.4 Å². The fourth-order valence-corrected chi connectivity index (χ4v) is 9.14. The molecule has 1 spiro atoms. The molecule has 5 aliphatic rings. The Labute approximate surface area is 309 Å². The van der Waals surface area contributed by atoms with Crippen molar-refractivity contribution < 1.29 is 27.4 Å². The van der Waals surface area contributed by atoms with E-state index in [-0.39, 0.29) is 28.9 Å². The van der Waals surface area contributed by atoms with E-state index in [0.717, 1.165) is 75.4 Å². The third-order valence-corrected chi connectivity index (χ3v) is 11.9. The summed E-state index contributed by atoms with van der Waals surface area (Å²) in [6.07, 6.45) is 9.48. The van der Waals surface area contributed by atoms with Crippen molar-refractivity contribution in [2.75, 3.05) is 50.7 Å². The van der Waals surface area contributed by atoms with E-state index in [9.17, 15) is 18.0 Å². The fraction of sp³-hybridized carbons (Fsp3) is 0.600. The van der Waals surface area contributed by atoms with E-state index in [4.69, 9.17) is 14.5 Å². The largest absolute Gasteiger partial charge is 0.490 e. The third kappa shape index (κ3) is 7.56. The second kappa shape index (κ2) is 14.4. The van der Waals surface area contributed by atoms with Gasteiger partial charge in [-0.05, 0) is 89.3 Å². The molecule has 0 N–H and O–H groups in total. The van der Waals surface area contributed by atoms with Crippen LogP contribution >= 0.6 is 0 Å². The first-order chi connectivity index (χ1) is 25.4. The van der Waals surface area contributed by atoms with Crippen molar-refractivity contribution in [3.8, 4) is 17.2 Å². The third-order valence-electron chi connectivity index (χ3n) is 11.9. The van der Waals surface area contributed by atoms with E-state index < -0.39 is 36.5 Å². The molecule has 4 fully saturated rings. The Bertz CT molecular complexity index is 1810. The van der Waals surface area contributed by atoms with E-state index in [1.165, 1.54) is 67.6 Å². The predicted octanol–water partition coefficient (Wildman–Crippen LogP) is 6.59. The number of aromatic nitrogens is 3. The van der Waals surface area contributed by atoms with E-state index in [1.54, 1.807) is 13.8 Å². The lowest BCUT2D eigenvalue weighted by Crippen LogP contribution is -2.65. The zero-order valence-corrected chi connectivity index (χ0v) is 30.9. The van der Waals surface area contributed by atoms with E-state index in [1.807, 2.05) is 12.3 Å². The number of amides is 1. The number of fused-ring (bicyclic) bond motifs is 1. The predicted molar refractivity (Wildman–Crippen MR) is 194 cm³/mol. The van der Waals surface area contributed by atoms with Gasteiger partial charge in [-0.25, -0.2) is 23.1 Å². The van der Waals surface area contributed by atoms with E-state index in [0.29, 0.717) is 11.6 Å². The molecule has 5 heterocycles. The maximum Gasteiger partial charge on any atom is 0.258 e. The SMILES string of the molecule is CC1CCN(CCCN2CCc3nccc(OC4CC5(C4)CN(c4ncncc4Oc4ccc(F)cc4C(=O)N(C(C)C)C4CC(F)(F)C4)C5)c3C2)C1. The van der Waals surface area contributed by atoms with Crippen LogP contribution in [0.5, 0.6) is 17.2 Å². The molecule has 1 atom stereocenters. The molecule has 0 bridgehead atoms. The molecule has 13 heteroatoms. The topological polar surface area (TPSA) is 87.2 Å². The average molecular weight is 734 g/mol. The molecule has 2 aromatic heterocycles. The monoisotopic (exact) mass is 733 g/mol. The summed E-state index contributed by atoms with van der Waals surface area (Å²) < 4.78 is 54.9. The first kappa shape index (κ1) is 36.0. The van der Waals surface area contributed by atoms with Crippen molar-refractivity contribution in [2.45, 2.75) is 96.4 Å². The normalized spacial score (nSPS) is 22.6. The number of nitrogens with zero attached hydrogens (tertiary/aromatic N) is 7. The highest BCUT2D eigenvalue weighted by Gasteiger charge is 2.54. The summed E-state index contributed by atoms with van der Waals surface area (Å²) in [7, 11) is 0. The number of hydrogen-bond donors (Lipinski definition) is 0. The molecule has 1 aromatic carbocycles. The number of likely N-dealkylation sites (tertiary alicyclic amines) is 1. The number of benzene rings is 1. The van der Waals surface area contributed by atoms with Gasteiger partial charge in [0, 0.05) is 86.9 Å². The number of carbonyl (C=O) groups is 1. The van der Waals surface area contributed by atoms with Crippen molar-refractivity contribution in [1.82, 2.24) is 29.7 Å². The first-order valence-electron chi connectivity index (χ1n) is 19.3. The lowest BCUT2D eigenvalue weighted by Gasteiger charge is -2.59. The maximum absolute atomic E-state index is 14.5. The summed E-state index contributed by atoms with van der Waals surface area (Å²) in [5.74, 6) is -1.15. The van der Waals surface area contributed by atoms with E-state index in [2.05, 4.69) is 31.6 Å². The first-order valence-corrected chi connectivity index (χ1v) is 19.3. The highest BCUT2D eigenvalue weighted by Crippen LogP contribution is 2.52. The molecule has 1 unspecified atom stereocenters. The van der Waals surface area contributed by atoms with Gasteiger partial charge in [0.15, 0.2) is 11.6 Å². The molecule has 2 aliphatic carbocycles. The Morgan fingerprint density at radius 1 is 1.02 bits per heavy atom. The Morgan fingerprint density at radius 2 is 1.81 bits per heavy atom. The fourth-order valence-electron chi connectivity index (χ4n) is 9.14. The average Bonchev–Trinajstić information content (AvgIpc) is 3.50. The number of hydrogen-bond acceptors (Lipinski definition) is 9. The second-order valence-corrected chi connectivity index (χ2v) is 16.5. The van der Waals surface area contributed by atoms with Crippen LogP contribution in [0.25, 0.3) is 0 Å². The zero-order chi connectivity index (χ0) is 36.9. The summed E-state index contributed by atoms with van der Waals surface area (Å²) in [5, 5.41) is 0. The van der Waals surface area contributed by atoms with Crippen molar-refractivity contribution in [2.24, 2.45) is 11.3 Å². The number of halogens is 3. The number of carbonyl (C=O) groups excluding carboxylic acids is 1. The van der Waals surface area contributed by atoms with Crippen LogP contribution in [0.15, 0.2) is 43.0 Å². The van der Waals surface area contributed by atoms with Crippen LogP contribution in [0.1, 0.15) is 80.9 Å². The molecule has 284 valence electrons. The van der Waals surface area contributed by atoms with Crippen LogP contribution in [-0.2, 0) is 13.0 Å². The van der Waals surface area contributed by atoms with Gasteiger partial charge in [0.05, 0.1) is 11.8 Å². The molecule has 1 amide bonds. The molecule has 2 saturated heterocycles. The molecular formula is C40H50F3N7O3. The Kier molecular flexibility index (Phi) is 9.76. The van der Waals surface area contributed by atoms with Crippen LogP contribution in [0, 0.1) is 17.2 Å². The maximum atomic E-state index is 14.5. The van der Waals surface area contributed by atoms with Crippen LogP contribution in [0.4, 0.5) is 19.0 Å². The molecule has 8 rings (SSSR count). The lowest BCUT2D eigenvalue weighted by atomic mass is 9.61. The number of alkyl halides is 2. The Morgan fingerprint density at radius 3 is 2.55 bits per heavy atom. The summed E-state index contributed by atoms with van der Waals surface area (Å²) in [6, 6.07) is 4.74. The van der Waals surface area contributed by atoms with Crippen molar-refractivity contribution in [3.05, 3.63) is 65.6 Å². The molecular weight excluding hydrogens is 683 g/mol. The minimum atomic E-state index is -2.80. The number of anilines is 1. The Hall–Kier alpha value is -3.97. The number of ether oxygens (including phenoxy) is 2. The number of rotatable bonds is 12. The van der Waals surface area contributed by atoms with Crippen LogP contribution in [0.2, 0.25) is 0 Å². The summed E-state index contributed by atoms with van der Waals surface area (Å²) >= 11 is 0. The molecule has 53 heavy (non-hydrogen) atoms. The summed E-state index contributed by atoms with van der Waals surface area (Å²) in [5.41, 5.74) is 2.47. The molecule has 2 saturated carbocycles. The minimum Gasteiger partial charge on any atom is -0.490 e. The number of pyridine rings is 1. The van der Waals surface area contributed by atoms with Gasteiger partial charge in [-0.1, -0.05) is 6.92 Å². The van der Waals surface area contributed by atoms with Crippen molar-refractivity contribution in [1.29, 1.82) is 0 Å². The van der Waals surface area contributed by atoms with Gasteiger partial charge < -0.3 is 24.2 Å². The van der Waals surface area contributed by atoms with Crippen molar-refractivity contribution >= 4 is 11.7 Å². The van der Waals surface area contributed by atoms with Gasteiger partial charge in [-0.2, -0.15) is 0 Å². The standard InChI is InChI=1S/C40H50F3N7O3/c1-26(2)50(29-16-40(42,43)17-29)38(51)31-15-28(41)5-6-34(31)53-36-20-44-25-46-37(36)49-23-39(24-49)18-30(19-39)52-35-7-10-45-33-9-14-48(22-32(33)35)12-4-11-47-13-8-27(3)21-47/h5-7,10,15,20,25-27,29-30H,4,8-9,11-14,16-19,21-24H2,1-3H3. The smallest absolute Gasteiger partial charge is 0.258 e. The zero-order valence-electron chi connectivity index (χ0n) is 30.9. The van der Waals surface area contributed by atoms with E-state index >= 15 is 0 Å². The lowest BCUT2D eigenvalue weighted by molar-refractivity contribution is -0.120. The van der Waals surface area contributed by atoms with Gasteiger partial charge >= 0.3 is 0 Å². The Balaban J connectivity index is 0.878. The summed E-state index contributed by atoms with van der Waals surface area (Å²) in [6.45, 7) is 14.0. The van der Waals surface area contributed by atoms with Gasteiger partial charge in [-0.15, -0.1) is 0 Å². The highest BCUT2D eigenvalue weighted by molar-refractivity contribution is 5.97. The van der Waals surface area contributed by atoms with Gasteiger partial charge in [0.25, 0.3) is 11.8 Å². The molecule has 10 nitrogen and oxygen atoms in total. The second-order valence-electron chi connectivity index (χ2n) is 16.5. The molecule has 3 aliphatic heterocycles.